The van der Waals surface area contributed by atoms with Gasteiger partial charge in [0, 0.05) is 34.8 Å². The number of hydrogen-bond acceptors (Lipinski definition) is 7. The van der Waals surface area contributed by atoms with Crippen LogP contribution in [0.2, 0.25) is 0 Å². The van der Waals surface area contributed by atoms with E-state index >= 15 is 0 Å². The molecule has 0 fully saturated rings. The van der Waals surface area contributed by atoms with Crippen molar-refractivity contribution in [2.45, 2.75) is 23.7 Å². The third-order valence-electron chi connectivity index (χ3n) is 3.57. The lowest BCUT2D eigenvalue weighted by atomic mass is 10.2. The molecule has 0 saturated carbocycles. The van der Waals surface area contributed by atoms with Crippen LogP contribution in [0.25, 0.3) is 21.6 Å². The van der Waals surface area contributed by atoms with Crippen molar-refractivity contribution in [2.75, 3.05) is 0 Å². The van der Waals surface area contributed by atoms with E-state index in [1.807, 2.05) is 22.8 Å². The SMILES string of the molecule is C=CCn1c(Sc2ncnc3sc(C)cc23)nnc1-c1ccncc1. The summed E-state index contributed by atoms with van der Waals surface area (Å²) >= 11 is 3.16. The predicted octanol–water partition coefficient (Wildman–Crippen LogP) is 3.99. The second-order valence-corrected chi connectivity index (χ2v) is 7.49. The van der Waals surface area contributed by atoms with Gasteiger partial charge in [-0.25, -0.2) is 9.97 Å². The van der Waals surface area contributed by atoms with Gasteiger partial charge in [-0.1, -0.05) is 6.08 Å². The molecule has 0 aliphatic carbocycles. The van der Waals surface area contributed by atoms with Crippen molar-refractivity contribution in [2.24, 2.45) is 0 Å². The van der Waals surface area contributed by atoms with Crippen molar-refractivity contribution in [3.8, 4) is 11.4 Å². The molecule has 0 aromatic carbocycles. The molecule has 0 unspecified atom stereocenters. The third-order valence-corrected chi connectivity index (χ3v) is 5.53. The standard InChI is InChI=1S/C17H14N6S2/c1-3-8-23-14(12-4-6-18-7-5-12)21-22-17(23)25-16-13-9-11(2)24-15(13)19-10-20-16/h3-7,9-10H,1,8H2,2H3. The minimum Gasteiger partial charge on any atom is -0.298 e. The van der Waals surface area contributed by atoms with E-state index in [0.717, 1.165) is 31.8 Å². The number of fused-ring (bicyclic) bond motifs is 1. The molecule has 0 aliphatic rings. The van der Waals surface area contributed by atoms with Gasteiger partial charge in [0.25, 0.3) is 0 Å². The summed E-state index contributed by atoms with van der Waals surface area (Å²) in [5.74, 6) is 0.789. The molecule has 0 aliphatic heterocycles. The molecule has 4 aromatic rings. The van der Waals surface area contributed by atoms with Crippen molar-refractivity contribution in [3.05, 3.63) is 54.5 Å². The van der Waals surface area contributed by atoms with Crippen molar-refractivity contribution in [3.63, 3.8) is 0 Å². The Bertz CT molecular complexity index is 1040. The van der Waals surface area contributed by atoms with Crippen molar-refractivity contribution >= 4 is 33.3 Å². The smallest absolute Gasteiger partial charge is 0.198 e. The maximum Gasteiger partial charge on any atom is 0.198 e. The van der Waals surface area contributed by atoms with Crippen LogP contribution >= 0.6 is 23.1 Å². The molecule has 4 aromatic heterocycles. The quantitative estimate of drug-likeness (QED) is 0.393. The van der Waals surface area contributed by atoms with E-state index < -0.39 is 0 Å². The molecule has 8 heteroatoms. The molecule has 0 radical (unpaired) electrons. The highest BCUT2D eigenvalue weighted by Gasteiger charge is 2.16. The Kier molecular flexibility index (Phi) is 4.29. The molecule has 4 rings (SSSR count). The Morgan fingerprint density at radius 2 is 2.08 bits per heavy atom. The summed E-state index contributed by atoms with van der Waals surface area (Å²) in [6.07, 6.45) is 6.93. The maximum absolute atomic E-state index is 4.44. The van der Waals surface area contributed by atoms with Gasteiger partial charge in [0.2, 0.25) is 0 Å². The fourth-order valence-corrected chi connectivity index (χ4v) is 4.30. The van der Waals surface area contributed by atoms with Crippen LogP contribution in [0.4, 0.5) is 0 Å². The van der Waals surface area contributed by atoms with Gasteiger partial charge in [-0.3, -0.25) is 9.55 Å². The average molecular weight is 366 g/mol. The van der Waals surface area contributed by atoms with Crippen LogP contribution < -0.4 is 0 Å². The van der Waals surface area contributed by atoms with Gasteiger partial charge in [-0.05, 0) is 36.9 Å². The minimum absolute atomic E-state index is 0.615. The molecule has 4 heterocycles. The maximum atomic E-state index is 4.44. The van der Waals surface area contributed by atoms with E-state index in [4.69, 9.17) is 0 Å². The van der Waals surface area contributed by atoms with Gasteiger partial charge < -0.3 is 0 Å². The highest BCUT2D eigenvalue weighted by molar-refractivity contribution is 7.99. The molecule has 0 amide bonds. The van der Waals surface area contributed by atoms with Gasteiger partial charge in [0.15, 0.2) is 11.0 Å². The third kappa shape index (κ3) is 3.06. The summed E-state index contributed by atoms with van der Waals surface area (Å²) in [6.45, 7) is 6.54. The number of aryl methyl sites for hydroxylation is 1. The molecule has 0 N–H and O–H groups in total. The Morgan fingerprint density at radius 1 is 1.24 bits per heavy atom. The largest absolute Gasteiger partial charge is 0.298 e. The molecular weight excluding hydrogens is 352 g/mol. The lowest BCUT2D eigenvalue weighted by Crippen LogP contribution is -2.00. The Labute approximate surface area is 152 Å². The summed E-state index contributed by atoms with van der Waals surface area (Å²) in [4.78, 5) is 15.0. The first kappa shape index (κ1) is 15.9. The molecule has 0 bridgehead atoms. The van der Waals surface area contributed by atoms with E-state index in [9.17, 15) is 0 Å². The van der Waals surface area contributed by atoms with Gasteiger partial charge in [-0.2, -0.15) is 0 Å². The first-order chi connectivity index (χ1) is 12.3. The summed E-state index contributed by atoms with van der Waals surface area (Å²) in [7, 11) is 0. The van der Waals surface area contributed by atoms with Crippen LogP contribution in [0, 0.1) is 6.92 Å². The summed E-state index contributed by atoms with van der Waals surface area (Å²) in [6, 6.07) is 5.95. The number of hydrogen-bond donors (Lipinski definition) is 0. The fraction of sp³-hybridized carbons (Fsp3) is 0.118. The van der Waals surface area contributed by atoms with Gasteiger partial charge >= 0.3 is 0 Å². The van der Waals surface area contributed by atoms with Gasteiger partial charge in [0.1, 0.15) is 16.2 Å². The van der Waals surface area contributed by atoms with Crippen LogP contribution in [0.15, 0.2) is 59.8 Å². The van der Waals surface area contributed by atoms with E-state index in [1.165, 1.54) is 16.6 Å². The Hall–Kier alpha value is -2.58. The van der Waals surface area contributed by atoms with Crippen LogP contribution in [-0.4, -0.2) is 29.7 Å². The first-order valence-electron chi connectivity index (χ1n) is 7.60. The molecule has 0 spiro atoms. The number of allylic oxidation sites excluding steroid dienone is 1. The predicted molar refractivity (Wildman–Crippen MR) is 99.7 cm³/mol. The monoisotopic (exact) mass is 366 g/mol. The second-order valence-electron chi connectivity index (χ2n) is 5.30. The second kappa shape index (κ2) is 6.73. The van der Waals surface area contributed by atoms with Crippen LogP contribution in [0.5, 0.6) is 0 Å². The van der Waals surface area contributed by atoms with Crippen LogP contribution in [0.3, 0.4) is 0 Å². The zero-order chi connectivity index (χ0) is 17.2. The molecule has 124 valence electrons. The van der Waals surface area contributed by atoms with E-state index in [-0.39, 0.29) is 0 Å². The molecule has 6 nitrogen and oxygen atoms in total. The molecule has 0 saturated heterocycles. The molecule has 25 heavy (non-hydrogen) atoms. The minimum atomic E-state index is 0.615. The zero-order valence-corrected chi connectivity index (χ0v) is 15.1. The number of aromatic nitrogens is 6. The van der Waals surface area contributed by atoms with E-state index in [0.29, 0.717) is 6.54 Å². The Morgan fingerprint density at radius 3 is 2.88 bits per heavy atom. The molecular formula is C17H14N6S2. The van der Waals surface area contributed by atoms with Crippen molar-refractivity contribution in [1.29, 1.82) is 0 Å². The zero-order valence-electron chi connectivity index (χ0n) is 13.5. The summed E-state index contributed by atoms with van der Waals surface area (Å²) in [5.41, 5.74) is 0.968. The van der Waals surface area contributed by atoms with Crippen LogP contribution in [0.1, 0.15) is 4.88 Å². The first-order valence-corrected chi connectivity index (χ1v) is 9.23. The number of nitrogens with zero attached hydrogens (tertiary/aromatic N) is 6. The van der Waals surface area contributed by atoms with Gasteiger partial charge in [-0.15, -0.1) is 28.1 Å². The number of pyridine rings is 1. The van der Waals surface area contributed by atoms with Crippen molar-refractivity contribution < 1.29 is 0 Å². The molecule has 0 atom stereocenters. The highest BCUT2D eigenvalue weighted by atomic mass is 32.2. The average Bonchev–Trinajstić information content (AvgIpc) is 3.20. The van der Waals surface area contributed by atoms with Gasteiger partial charge in [0.05, 0.1) is 0 Å². The fourth-order valence-electron chi connectivity index (χ4n) is 2.49. The van der Waals surface area contributed by atoms with Crippen molar-refractivity contribution in [1.82, 2.24) is 29.7 Å². The number of rotatable bonds is 5. The summed E-state index contributed by atoms with van der Waals surface area (Å²) in [5, 5.41) is 11.4. The topological polar surface area (TPSA) is 69.4 Å². The lowest BCUT2D eigenvalue weighted by molar-refractivity contribution is 0.730. The Balaban J connectivity index is 1.77. The van der Waals surface area contributed by atoms with Crippen LogP contribution in [-0.2, 0) is 6.54 Å². The summed E-state index contributed by atoms with van der Waals surface area (Å²) < 4.78 is 2.03. The normalized spacial score (nSPS) is 11.1. The highest BCUT2D eigenvalue weighted by Crippen LogP contribution is 2.34. The van der Waals surface area contributed by atoms with E-state index in [2.05, 4.69) is 44.7 Å². The lowest BCUT2D eigenvalue weighted by Gasteiger charge is -2.07. The number of thiophene rings is 1. The van der Waals surface area contributed by atoms with E-state index in [1.54, 1.807) is 30.1 Å².